The molecule has 26 heavy (non-hydrogen) atoms. The molecule has 7 nitrogen and oxygen atoms in total. The minimum atomic E-state index is -0.437. The van der Waals surface area contributed by atoms with E-state index in [1.807, 2.05) is 6.92 Å². The minimum Gasteiger partial charge on any atom is -0.462 e. The lowest BCUT2D eigenvalue weighted by molar-refractivity contribution is -0.128. The molecule has 1 saturated heterocycles. The van der Waals surface area contributed by atoms with Crippen LogP contribution in [0.5, 0.6) is 0 Å². The maximum atomic E-state index is 12.6. The number of hydrogen-bond acceptors (Lipinski definition) is 4. The highest BCUT2D eigenvalue weighted by Gasteiger charge is 2.22. The monoisotopic (exact) mass is 361 g/mol. The number of para-hydroxylation sites is 1. The van der Waals surface area contributed by atoms with E-state index in [0.717, 1.165) is 19.3 Å². The van der Waals surface area contributed by atoms with Crippen molar-refractivity contribution in [1.29, 1.82) is 0 Å². The number of esters is 1. The molecule has 0 radical (unpaired) electrons. The van der Waals surface area contributed by atoms with E-state index in [0.29, 0.717) is 44.0 Å². The van der Waals surface area contributed by atoms with Crippen molar-refractivity contribution in [2.75, 3.05) is 38.1 Å². The Morgan fingerprint density at radius 1 is 1.08 bits per heavy atom. The molecule has 0 aromatic heterocycles. The molecule has 1 N–H and O–H groups in total. The first-order valence-corrected chi connectivity index (χ1v) is 9.10. The van der Waals surface area contributed by atoms with Gasteiger partial charge in [0.2, 0.25) is 5.91 Å². The molecule has 1 heterocycles. The summed E-state index contributed by atoms with van der Waals surface area (Å²) in [6.07, 6.45) is 2.48. The quantitative estimate of drug-likeness (QED) is 0.646. The average molecular weight is 361 g/mol. The minimum absolute atomic E-state index is 0.0208. The number of urea groups is 1. The summed E-state index contributed by atoms with van der Waals surface area (Å²) in [5.41, 5.74) is 0.781. The number of carbonyl (C=O) groups is 3. The average Bonchev–Trinajstić information content (AvgIpc) is 2.88. The summed E-state index contributed by atoms with van der Waals surface area (Å²) in [6.45, 7) is 6.13. The van der Waals surface area contributed by atoms with Gasteiger partial charge >= 0.3 is 12.0 Å². The molecule has 1 aliphatic heterocycles. The van der Waals surface area contributed by atoms with Crippen molar-refractivity contribution in [1.82, 2.24) is 9.80 Å². The molecule has 0 saturated carbocycles. The number of unbranched alkanes of at least 4 members (excludes halogenated alkanes) is 1. The molecule has 0 spiro atoms. The standard InChI is InChI=1S/C19H27N3O4/c1-3-4-14-26-18(24)16-8-5-6-9-17(16)20-19(25)22-11-7-10-21(12-13-22)15(2)23/h5-6,8-9H,3-4,7,10-14H2,1-2H3,(H,20,25). The Kier molecular flexibility index (Phi) is 7.44. The Morgan fingerprint density at radius 3 is 2.50 bits per heavy atom. The van der Waals surface area contributed by atoms with Crippen molar-refractivity contribution in [3.05, 3.63) is 29.8 Å². The van der Waals surface area contributed by atoms with Crippen molar-refractivity contribution >= 4 is 23.6 Å². The SMILES string of the molecule is CCCCOC(=O)c1ccccc1NC(=O)N1CCCN(C(C)=O)CC1. The Balaban J connectivity index is 2.00. The topological polar surface area (TPSA) is 79.0 Å². The molecule has 0 atom stereocenters. The molecule has 2 rings (SSSR count). The zero-order valence-corrected chi connectivity index (χ0v) is 15.5. The maximum absolute atomic E-state index is 12.6. The molecular formula is C19H27N3O4. The van der Waals surface area contributed by atoms with E-state index in [2.05, 4.69) is 5.32 Å². The molecule has 1 aliphatic rings. The lowest BCUT2D eigenvalue weighted by atomic mass is 10.2. The summed E-state index contributed by atoms with van der Waals surface area (Å²) >= 11 is 0. The number of carbonyl (C=O) groups excluding carboxylic acids is 3. The van der Waals surface area contributed by atoms with E-state index in [1.165, 1.54) is 6.92 Å². The van der Waals surface area contributed by atoms with Crippen molar-refractivity contribution < 1.29 is 19.1 Å². The van der Waals surface area contributed by atoms with Crippen LogP contribution in [0, 0.1) is 0 Å². The van der Waals surface area contributed by atoms with Crippen LogP contribution < -0.4 is 5.32 Å². The van der Waals surface area contributed by atoms with E-state index >= 15 is 0 Å². The van der Waals surface area contributed by atoms with Crippen LogP contribution in [-0.4, -0.2) is 60.5 Å². The van der Waals surface area contributed by atoms with Crippen molar-refractivity contribution in [3.63, 3.8) is 0 Å². The van der Waals surface area contributed by atoms with Crippen molar-refractivity contribution in [3.8, 4) is 0 Å². The number of anilines is 1. The number of amides is 3. The lowest BCUT2D eigenvalue weighted by Crippen LogP contribution is -2.39. The molecule has 1 fully saturated rings. The number of nitrogens with zero attached hydrogens (tertiary/aromatic N) is 2. The predicted molar refractivity (Wildman–Crippen MR) is 99.1 cm³/mol. The lowest BCUT2D eigenvalue weighted by Gasteiger charge is -2.22. The number of nitrogens with one attached hydrogen (secondary N) is 1. The van der Waals surface area contributed by atoms with Crippen LogP contribution in [0.2, 0.25) is 0 Å². The second kappa shape index (κ2) is 9.79. The van der Waals surface area contributed by atoms with Crippen LogP contribution in [0.1, 0.15) is 43.5 Å². The number of hydrogen-bond donors (Lipinski definition) is 1. The maximum Gasteiger partial charge on any atom is 0.340 e. The van der Waals surface area contributed by atoms with Crippen LogP contribution in [0.15, 0.2) is 24.3 Å². The highest BCUT2D eigenvalue weighted by Crippen LogP contribution is 2.17. The summed E-state index contributed by atoms with van der Waals surface area (Å²) in [4.78, 5) is 39.7. The fraction of sp³-hybridized carbons (Fsp3) is 0.526. The zero-order chi connectivity index (χ0) is 18.9. The van der Waals surface area contributed by atoms with E-state index < -0.39 is 5.97 Å². The Bertz CT molecular complexity index is 647. The fourth-order valence-electron chi connectivity index (χ4n) is 2.79. The summed E-state index contributed by atoms with van der Waals surface area (Å²) in [6, 6.07) is 6.56. The second-order valence-electron chi connectivity index (χ2n) is 6.31. The van der Waals surface area contributed by atoms with Gasteiger partial charge in [0, 0.05) is 33.1 Å². The number of benzene rings is 1. The summed E-state index contributed by atoms with van der Waals surface area (Å²) in [5, 5.41) is 2.81. The zero-order valence-electron chi connectivity index (χ0n) is 15.5. The molecule has 7 heteroatoms. The first-order valence-electron chi connectivity index (χ1n) is 9.10. The smallest absolute Gasteiger partial charge is 0.340 e. The predicted octanol–water partition coefficient (Wildman–Crippen LogP) is 2.73. The van der Waals surface area contributed by atoms with E-state index in [9.17, 15) is 14.4 Å². The Labute approximate surface area is 154 Å². The first-order chi connectivity index (χ1) is 12.5. The van der Waals surface area contributed by atoms with Crippen molar-refractivity contribution in [2.24, 2.45) is 0 Å². The molecule has 142 valence electrons. The van der Waals surface area contributed by atoms with Gasteiger partial charge in [-0.2, -0.15) is 0 Å². The van der Waals surface area contributed by atoms with Gasteiger partial charge < -0.3 is 19.9 Å². The number of rotatable bonds is 5. The summed E-state index contributed by atoms with van der Waals surface area (Å²) < 4.78 is 5.25. The van der Waals surface area contributed by atoms with Gasteiger partial charge in [-0.05, 0) is 25.0 Å². The molecule has 0 aliphatic carbocycles. The molecule has 0 unspecified atom stereocenters. The largest absolute Gasteiger partial charge is 0.462 e. The van der Waals surface area contributed by atoms with Crippen LogP contribution in [0.4, 0.5) is 10.5 Å². The van der Waals surface area contributed by atoms with Crippen LogP contribution >= 0.6 is 0 Å². The van der Waals surface area contributed by atoms with E-state index in [1.54, 1.807) is 34.1 Å². The third-order valence-electron chi connectivity index (χ3n) is 4.35. The summed E-state index contributed by atoms with van der Waals surface area (Å²) in [5.74, 6) is -0.416. The van der Waals surface area contributed by atoms with Crippen LogP contribution in [0.25, 0.3) is 0 Å². The molecule has 1 aromatic rings. The van der Waals surface area contributed by atoms with Gasteiger partial charge in [0.15, 0.2) is 0 Å². The molecule has 1 aromatic carbocycles. The molecular weight excluding hydrogens is 334 g/mol. The Morgan fingerprint density at radius 2 is 1.77 bits per heavy atom. The third kappa shape index (κ3) is 5.47. The van der Waals surface area contributed by atoms with E-state index in [-0.39, 0.29) is 11.9 Å². The molecule has 3 amide bonds. The number of ether oxygens (including phenoxy) is 1. The summed E-state index contributed by atoms with van der Waals surface area (Å²) in [7, 11) is 0. The van der Waals surface area contributed by atoms with Gasteiger partial charge in [0.25, 0.3) is 0 Å². The van der Waals surface area contributed by atoms with Gasteiger partial charge in [-0.3, -0.25) is 4.79 Å². The van der Waals surface area contributed by atoms with Gasteiger partial charge in [-0.25, -0.2) is 9.59 Å². The normalized spacial score (nSPS) is 14.5. The van der Waals surface area contributed by atoms with E-state index in [4.69, 9.17) is 4.74 Å². The third-order valence-corrected chi connectivity index (χ3v) is 4.35. The van der Waals surface area contributed by atoms with Gasteiger partial charge in [-0.1, -0.05) is 25.5 Å². The van der Waals surface area contributed by atoms with Crippen LogP contribution in [-0.2, 0) is 9.53 Å². The van der Waals surface area contributed by atoms with Crippen molar-refractivity contribution in [2.45, 2.75) is 33.1 Å². The van der Waals surface area contributed by atoms with Gasteiger partial charge in [0.05, 0.1) is 17.9 Å². The highest BCUT2D eigenvalue weighted by molar-refractivity contribution is 6.00. The highest BCUT2D eigenvalue weighted by atomic mass is 16.5. The molecule has 0 bridgehead atoms. The second-order valence-corrected chi connectivity index (χ2v) is 6.31. The van der Waals surface area contributed by atoms with Crippen LogP contribution in [0.3, 0.4) is 0 Å². The Hall–Kier alpha value is -2.57. The fourth-order valence-corrected chi connectivity index (χ4v) is 2.79. The first kappa shape index (κ1) is 19.8. The van der Waals surface area contributed by atoms with Gasteiger partial charge in [0.1, 0.15) is 0 Å². The van der Waals surface area contributed by atoms with Gasteiger partial charge in [-0.15, -0.1) is 0 Å².